The van der Waals surface area contributed by atoms with Gasteiger partial charge in [-0.3, -0.25) is 19.2 Å². The fourth-order valence-corrected chi connectivity index (χ4v) is 5.67. The number of halogens is 4. The smallest absolute Gasteiger partial charge is 0.412 e. The molecule has 40 heavy (non-hydrogen) atoms. The Morgan fingerprint density at radius 1 is 1.15 bits per heavy atom. The standard InChI is InChI=1S/C27H23F4N5O4/c1-34-11-18(10-32-34)15-2-4-20-16(8-15)6-7-26(20)24(38)36(25(39)33-26)13-23(37)35-12-17-9-19(28)3-5-21(17)40-14-22(35)27(29,30)31/h2-5,8-11,22H,6-7,12-14H2,1H3,(H,33,39)/t22-,26+/m0/s1. The molecule has 0 radical (unpaired) electrons. The highest BCUT2D eigenvalue weighted by Crippen LogP contribution is 2.43. The molecule has 1 fully saturated rings. The van der Waals surface area contributed by atoms with Crippen molar-refractivity contribution in [2.24, 2.45) is 7.05 Å². The molecule has 1 spiro atoms. The van der Waals surface area contributed by atoms with Crippen LogP contribution in [0.2, 0.25) is 0 Å². The maximum atomic E-state index is 14.0. The average molecular weight is 558 g/mol. The maximum absolute atomic E-state index is 14.0. The van der Waals surface area contributed by atoms with Crippen LogP contribution in [0.3, 0.4) is 0 Å². The number of imide groups is 1. The van der Waals surface area contributed by atoms with Crippen LogP contribution in [-0.2, 0) is 35.1 Å². The molecule has 1 aliphatic carbocycles. The van der Waals surface area contributed by atoms with Gasteiger partial charge in [0.15, 0.2) is 6.04 Å². The van der Waals surface area contributed by atoms with Crippen molar-refractivity contribution in [1.82, 2.24) is 24.9 Å². The number of nitrogens with zero attached hydrogens (tertiary/aromatic N) is 4. The van der Waals surface area contributed by atoms with E-state index in [9.17, 15) is 31.9 Å². The lowest BCUT2D eigenvalue weighted by Gasteiger charge is -2.31. The van der Waals surface area contributed by atoms with Crippen LogP contribution in [0.5, 0.6) is 5.75 Å². The second-order valence-corrected chi connectivity index (χ2v) is 10.1. The molecule has 2 aliphatic heterocycles. The number of carbonyl (C=O) groups is 3. The molecule has 0 bridgehead atoms. The van der Waals surface area contributed by atoms with Gasteiger partial charge in [-0.1, -0.05) is 18.2 Å². The van der Waals surface area contributed by atoms with Crippen LogP contribution in [0.4, 0.5) is 22.4 Å². The van der Waals surface area contributed by atoms with Crippen LogP contribution in [0.15, 0.2) is 48.8 Å². The molecule has 0 saturated carbocycles. The van der Waals surface area contributed by atoms with E-state index in [-0.39, 0.29) is 17.7 Å². The van der Waals surface area contributed by atoms with Crippen molar-refractivity contribution in [3.8, 4) is 16.9 Å². The molecule has 1 aromatic heterocycles. The van der Waals surface area contributed by atoms with E-state index in [1.165, 1.54) is 6.07 Å². The number of amides is 4. The van der Waals surface area contributed by atoms with Crippen molar-refractivity contribution in [2.75, 3.05) is 13.2 Å². The lowest BCUT2D eigenvalue weighted by molar-refractivity contribution is -0.195. The van der Waals surface area contributed by atoms with Gasteiger partial charge in [-0.2, -0.15) is 18.3 Å². The van der Waals surface area contributed by atoms with Gasteiger partial charge in [0.05, 0.1) is 12.7 Å². The van der Waals surface area contributed by atoms with E-state index in [0.717, 1.165) is 28.8 Å². The van der Waals surface area contributed by atoms with Crippen molar-refractivity contribution < 1.29 is 36.7 Å². The van der Waals surface area contributed by atoms with E-state index in [1.807, 2.05) is 12.3 Å². The second-order valence-electron chi connectivity index (χ2n) is 10.1. The molecule has 1 N–H and O–H groups in total. The summed E-state index contributed by atoms with van der Waals surface area (Å²) in [6.07, 6.45) is -0.609. The Labute approximate surface area is 225 Å². The predicted molar refractivity (Wildman–Crippen MR) is 131 cm³/mol. The number of aryl methyl sites for hydroxylation is 2. The minimum Gasteiger partial charge on any atom is -0.491 e. The molecular weight excluding hydrogens is 534 g/mol. The summed E-state index contributed by atoms with van der Waals surface area (Å²) in [7, 11) is 1.79. The first-order valence-electron chi connectivity index (χ1n) is 12.5. The molecule has 4 amide bonds. The molecule has 6 rings (SSSR count). The molecule has 3 heterocycles. The van der Waals surface area contributed by atoms with Crippen LogP contribution in [0, 0.1) is 5.82 Å². The summed E-state index contributed by atoms with van der Waals surface area (Å²) in [5, 5.41) is 6.85. The number of carbonyl (C=O) groups excluding carboxylic acids is 3. The molecule has 3 aliphatic rings. The first kappa shape index (κ1) is 25.8. The Morgan fingerprint density at radius 2 is 1.95 bits per heavy atom. The molecule has 9 nitrogen and oxygen atoms in total. The summed E-state index contributed by atoms with van der Waals surface area (Å²) >= 11 is 0. The lowest BCUT2D eigenvalue weighted by atomic mass is 9.90. The molecular formula is C27H23F4N5O4. The van der Waals surface area contributed by atoms with Crippen LogP contribution < -0.4 is 10.1 Å². The van der Waals surface area contributed by atoms with Crippen molar-refractivity contribution in [1.29, 1.82) is 0 Å². The summed E-state index contributed by atoms with van der Waals surface area (Å²) in [5.41, 5.74) is 1.80. The minimum absolute atomic E-state index is 0.0214. The number of nitrogens with one attached hydrogen (secondary N) is 1. The topological polar surface area (TPSA) is 96.8 Å². The van der Waals surface area contributed by atoms with E-state index in [4.69, 9.17) is 4.74 Å². The van der Waals surface area contributed by atoms with Crippen LogP contribution in [0.1, 0.15) is 23.1 Å². The van der Waals surface area contributed by atoms with E-state index < -0.39 is 61.1 Å². The Kier molecular flexibility index (Phi) is 5.86. The van der Waals surface area contributed by atoms with E-state index in [2.05, 4.69) is 10.4 Å². The largest absolute Gasteiger partial charge is 0.491 e. The summed E-state index contributed by atoms with van der Waals surface area (Å²) in [6, 6.07) is 5.47. The number of rotatable bonds is 3. The zero-order valence-electron chi connectivity index (χ0n) is 21.2. The van der Waals surface area contributed by atoms with E-state index in [0.29, 0.717) is 21.8 Å². The Bertz CT molecular complexity index is 1550. The average Bonchev–Trinajstić information content (AvgIpc) is 3.51. The Morgan fingerprint density at radius 3 is 2.67 bits per heavy atom. The number of ether oxygens (including phenoxy) is 1. The first-order chi connectivity index (χ1) is 19.0. The third-order valence-corrected chi connectivity index (χ3v) is 7.68. The zero-order valence-corrected chi connectivity index (χ0v) is 21.2. The fourth-order valence-electron chi connectivity index (χ4n) is 5.67. The monoisotopic (exact) mass is 557 g/mol. The van der Waals surface area contributed by atoms with Crippen molar-refractivity contribution in [3.05, 3.63) is 71.3 Å². The SMILES string of the molecule is Cn1cc(-c2ccc3c(c2)CC[C@@]32NC(=O)N(CC(=O)N3Cc4cc(F)ccc4OC[C@H]3C(F)(F)F)C2=O)cn1. The van der Waals surface area contributed by atoms with Crippen molar-refractivity contribution >= 4 is 17.8 Å². The Hall–Kier alpha value is -4.42. The van der Waals surface area contributed by atoms with Crippen molar-refractivity contribution in [3.63, 3.8) is 0 Å². The summed E-state index contributed by atoms with van der Waals surface area (Å²) in [4.78, 5) is 41.0. The van der Waals surface area contributed by atoms with Gasteiger partial charge in [-0.25, -0.2) is 9.18 Å². The molecule has 2 atom stereocenters. The summed E-state index contributed by atoms with van der Waals surface area (Å²) < 4.78 is 62.6. The van der Waals surface area contributed by atoms with Gasteiger partial charge in [-0.05, 0) is 47.7 Å². The number of fused-ring (bicyclic) bond motifs is 3. The van der Waals surface area contributed by atoms with Gasteiger partial charge in [0.25, 0.3) is 5.91 Å². The maximum Gasteiger partial charge on any atom is 0.412 e. The summed E-state index contributed by atoms with van der Waals surface area (Å²) in [5.74, 6) is -2.51. The van der Waals surface area contributed by atoms with Gasteiger partial charge in [0.1, 0.15) is 30.3 Å². The zero-order chi connectivity index (χ0) is 28.4. The van der Waals surface area contributed by atoms with E-state index in [1.54, 1.807) is 30.1 Å². The summed E-state index contributed by atoms with van der Waals surface area (Å²) in [6.45, 7) is -2.43. The third kappa shape index (κ3) is 4.16. The number of benzene rings is 2. The Balaban J connectivity index is 1.26. The predicted octanol–water partition coefficient (Wildman–Crippen LogP) is 3.27. The molecule has 208 valence electrons. The first-order valence-corrected chi connectivity index (χ1v) is 12.5. The van der Waals surface area contributed by atoms with Gasteiger partial charge in [0.2, 0.25) is 5.91 Å². The van der Waals surface area contributed by atoms with E-state index >= 15 is 0 Å². The van der Waals surface area contributed by atoms with Gasteiger partial charge in [0, 0.05) is 24.4 Å². The fraction of sp³-hybridized carbons (Fsp3) is 0.333. The normalized spacial score (nSPS) is 22.2. The third-order valence-electron chi connectivity index (χ3n) is 7.68. The lowest BCUT2D eigenvalue weighted by Crippen LogP contribution is -2.53. The number of hydrogen-bond donors (Lipinski definition) is 1. The van der Waals surface area contributed by atoms with Crippen LogP contribution >= 0.6 is 0 Å². The molecule has 2 aromatic carbocycles. The van der Waals surface area contributed by atoms with Gasteiger partial charge >= 0.3 is 12.2 Å². The molecule has 0 unspecified atom stereocenters. The highest BCUT2D eigenvalue weighted by Gasteiger charge is 2.56. The van der Waals surface area contributed by atoms with Crippen molar-refractivity contribution in [2.45, 2.75) is 37.1 Å². The van der Waals surface area contributed by atoms with Crippen LogP contribution in [0.25, 0.3) is 11.1 Å². The molecule has 13 heteroatoms. The van der Waals surface area contributed by atoms with Crippen LogP contribution in [-0.4, -0.2) is 62.8 Å². The number of urea groups is 1. The number of aromatic nitrogens is 2. The molecule has 1 saturated heterocycles. The molecule has 3 aromatic rings. The highest BCUT2D eigenvalue weighted by atomic mass is 19.4. The van der Waals surface area contributed by atoms with Gasteiger partial charge in [-0.15, -0.1) is 0 Å². The number of hydrogen-bond acceptors (Lipinski definition) is 5. The second kappa shape index (κ2) is 9.07. The highest BCUT2D eigenvalue weighted by molar-refractivity contribution is 6.10. The number of alkyl halides is 3. The quantitative estimate of drug-likeness (QED) is 0.394. The van der Waals surface area contributed by atoms with Gasteiger partial charge < -0.3 is 15.0 Å². The minimum atomic E-state index is -4.87.